The summed E-state index contributed by atoms with van der Waals surface area (Å²) < 4.78 is 37.4. The van der Waals surface area contributed by atoms with Crippen molar-refractivity contribution >= 4 is 0 Å². The van der Waals surface area contributed by atoms with Gasteiger partial charge in [0.25, 0.3) is 0 Å². The Morgan fingerprint density at radius 3 is 2.70 bits per heavy atom. The van der Waals surface area contributed by atoms with E-state index in [1.54, 1.807) is 12.1 Å². The van der Waals surface area contributed by atoms with Crippen LogP contribution in [0.25, 0.3) is 0 Å². The fourth-order valence-corrected chi connectivity index (χ4v) is 3.40. The van der Waals surface area contributed by atoms with Crippen LogP contribution >= 0.6 is 0 Å². The summed E-state index contributed by atoms with van der Waals surface area (Å²) in [6.07, 6.45) is 2.63. The van der Waals surface area contributed by atoms with Gasteiger partial charge in [0, 0.05) is 12.7 Å². The lowest BCUT2D eigenvalue weighted by Crippen LogP contribution is -2.26. The van der Waals surface area contributed by atoms with Crippen LogP contribution in [0.15, 0.2) is 76.1 Å². The molecule has 5 nitrogen and oxygen atoms in total. The molecule has 0 amide bonds. The molecule has 6 heteroatoms. The highest BCUT2D eigenvalue weighted by atomic mass is 19.1. The van der Waals surface area contributed by atoms with Crippen LogP contribution in [0.4, 0.5) is 4.39 Å². The van der Waals surface area contributed by atoms with E-state index in [1.165, 1.54) is 24.5 Å². The van der Waals surface area contributed by atoms with E-state index in [2.05, 4.69) is 0 Å². The Bertz CT molecular complexity index is 1010. The second-order valence-electron chi connectivity index (χ2n) is 7.12. The molecule has 1 aliphatic heterocycles. The largest absolute Gasteiger partial charge is 0.482 e. The van der Waals surface area contributed by atoms with E-state index in [4.69, 9.17) is 18.6 Å². The Morgan fingerprint density at radius 2 is 1.93 bits per heavy atom. The summed E-state index contributed by atoms with van der Waals surface area (Å²) in [5, 5.41) is 0. The third-order valence-corrected chi connectivity index (χ3v) is 4.90. The standard InChI is InChI=1S/C24H23FO5/c25-19-10-6-9-18(15-19)22(30-21-11-4-5-13-27-21)24-23(20(26)12-14-28-24)29-16-17-7-2-1-3-8-17/h1-3,6-10,12,14-15,21-22H,4-5,11,13,16H2. The molecule has 4 rings (SSSR count). The second-order valence-corrected chi connectivity index (χ2v) is 7.12. The highest BCUT2D eigenvalue weighted by molar-refractivity contribution is 5.34. The summed E-state index contributed by atoms with van der Waals surface area (Å²) in [6.45, 7) is 0.787. The predicted octanol–water partition coefficient (Wildman–Crippen LogP) is 4.99. The van der Waals surface area contributed by atoms with Crippen LogP contribution in [-0.4, -0.2) is 12.9 Å². The maximum atomic E-state index is 14.0. The van der Waals surface area contributed by atoms with Crippen LogP contribution in [0.5, 0.6) is 5.75 Å². The monoisotopic (exact) mass is 410 g/mol. The zero-order valence-corrected chi connectivity index (χ0v) is 16.5. The van der Waals surface area contributed by atoms with Crippen LogP contribution in [-0.2, 0) is 16.1 Å². The summed E-state index contributed by atoms with van der Waals surface area (Å²) in [4.78, 5) is 12.6. The van der Waals surface area contributed by atoms with Crippen molar-refractivity contribution in [2.45, 2.75) is 38.3 Å². The Labute approximate surface area is 174 Å². The number of rotatable bonds is 7. The first kappa shape index (κ1) is 20.3. The average molecular weight is 410 g/mol. The van der Waals surface area contributed by atoms with Crippen molar-refractivity contribution in [3.05, 3.63) is 99.9 Å². The molecule has 0 spiro atoms. The number of hydrogen-bond donors (Lipinski definition) is 0. The fraction of sp³-hybridized carbons (Fsp3) is 0.292. The van der Waals surface area contributed by atoms with Crippen molar-refractivity contribution < 1.29 is 23.0 Å². The second kappa shape index (κ2) is 9.69. The van der Waals surface area contributed by atoms with Gasteiger partial charge in [-0.15, -0.1) is 0 Å². The van der Waals surface area contributed by atoms with E-state index in [-0.39, 0.29) is 23.5 Å². The first-order valence-electron chi connectivity index (χ1n) is 10.0. The van der Waals surface area contributed by atoms with Gasteiger partial charge in [-0.25, -0.2) is 4.39 Å². The minimum atomic E-state index is -0.844. The van der Waals surface area contributed by atoms with Gasteiger partial charge in [-0.05, 0) is 42.5 Å². The molecule has 1 fully saturated rings. The molecule has 0 bridgehead atoms. The highest BCUT2D eigenvalue weighted by Gasteiger charge is 2.29. The van der Waals surface area contributed by atoms with Crippen molar-refractivity contribution in [2.24, 2.45) is 0 Å². The lowest BCUT2D eigenvalue weighted by atomic mass is 10.1. The maximum Gasteiger partial charge on any atom is 0.227 e. The van der Waals surface area contributed by atoms with Crippen LogP contribution in [0.1, 0.15) is 42.3 Å². The summed E-state index contributed by atoms with van der Waals surface area (Å²) in [5.41, 5.74) is 1.09. The summed E-state index contributed by atoms with van der Waals surface area (Å²) in [7, 11) is 0. The minimum absolute atomic E-state index is 0.0476. The molecule has 0 N–H and O–H groups in total. The first-order valence-corrected chi connectivity index (χ1v) is 10.0. The Kier molecular flexibility index (Phi) is 6.57. The molecule has 2 aromatic carbocycles. The van der Waals surface area contributed by atoms with Crippen LogP contribution in [0.2, 0.25) is 0 Å². The molecule has 2 heterocycles. The molecule has 156 valence electrons. The zero-order chi connectivity index (χ0) is 20.8. The van der Waals surface area contributed by atoms with Gasteiger partial charge in [0.2, 0.25) is 11.2 Å². The van der Waals surface area contributed by atoms with Gasteiger partial charge < -0.3 is 18.6 Å². The zero-order valence-electron chi connectivity index (χ0n) is 16.5. The topological polar surface area (TPSA) is 57.9 Å². The van der Waals surface area contributed by atoms with Crippen molar-refractivity contribution in [3.8, 4) is 5.75 Å². The highest BCUT2D eigenvalue weighted by Crippen LogP contribution is 2.34. The number of benzene rings is 2. The number of halogens is 1. The molecule has 1 aliphatic rings. The lowest BCUT2D eigenvalue weighted by molar-refractivity contribution is -0.184. The molecule has 2 unspecified atom stereocenters. The lowest BCUT2D eigenvalue weighted by Gasteiger charge is -2.28. The molecule has 30 heavy (non-hydrogen) atoms. The van der Waals surface area contributed by atoms with Crippen LogP contribution < -0.4 is 10.2 Å². The molecular formula is C24H23FO5. The molecule has 0 saturated carbocycles. The van der Waals surface area contributed by atoms with E-state index in [0.29, 0.717) is 18.6 Å². The van der Waals surface area contributed by atoms with E-state index < -0.39 is 18.2 Å². The van der Waals surface area contributed by atoms with Gasteiger partial charge in [0.05, 0.1) is 6.26 Å². The van der Waals surface area contributed by atoms with Gasteiger partial charge in [-0.2, -0.15) is 0 Å². The Balaban J connectivity index is 1.68. The molecule has 1 saturated heterocycles. The summed E-state index contributed by atoms with van der Waals surface area (Å²) >= 11 is 0. The van der Waals surface area contributed by atoms with Crippen LogP contribution in [0, 0.1) is 5.82 Å². The summed E-state index contributed by atoms with van der Waals surface area (Å²) in [6, 6.07) is 16.8. The van der Waals surface area contributed by atoms with Gasteiger partial charge in [-0.1, -0.05) is 42.5 Å². The Hall–Kier alpha value is -2.96. The maximum absolute atomic E-state index is 14.0. The molecule has 1 aromatic heterocycles. The van der Waals surface area contributed by atoms with E-state index in [1.807, 2.05) is 30.3 Å². The van der Waals surface area contributed by atoms with E-state index in [0.717, 1.165) is 18.4 Å². The average Bonchev–Trinajstić information content (AvgIpc) is 2.78. The van der Waals surface area contributed by atoms with Gasteiger partial charge >= 0.3 is 0 Å². The summed E-state index contributed by atoms with van der Waals surface area (Å²) in [5.74, 6) is -0.166. The molecule has 0 aliphatic carbocycles. The van der Waals surface area contributed by atoms with Gasteiger partial charge in [0.15, 0.2) is 12.1 Å². The van der Waals surface area contributed by atoms with E-state index in [9.17, 15) is 9.18 Å². The minimum Gasteiger partial charge on any atom is -0.482 e. The quantitative estimate of drug-likeness (QED) is 0.549. The molecule has 0 radical (unpaired) electrons. The SMILES string of the molecule is O=c1ccoc(C(OC2CCCCO2)c2cccc(F)c2)c1OCc1ccccc1. The smallest absolute Gasteiger partial charge is 0.227 e. The normalized spacial score (nSPS) is 17.4. The van der Waals surface area contributed by atoms with Gasteiger partial charge in [-0.3, -0.25) is 4.79 Å². The van der Waals surface area contributed by atoms with Crippen molar-refractivity contribution in [1.29, 1.82) is 0 Å². The number of ether oxygens (including phenoxy) is 3. The van der Waals surface area contributed by atoms with Crippen LogP contribution in [0.3, 0.4) is 0 Å². The third kappa shape index (κ3) is 4.96. The molecule has 2 atom stereocenters. The number of hydrogen-bond acceptors (Lipinski definition) is 5. The third-order valence-electron chi connectivity index (χ3n) is 4.90. The van der Waals surface area contributed by atoms with Gasteiger partial charge in [0.1, 0.15) is 18.5 Å². The molecular weight excluding hydrogens is 387 g/mol. The van der Waals surface area contributed by atoms with Crippen molar-refractivity contribution in [1.82, 2.24) is 0 Å². The Morgan fingerprint density at radius 1 is 1.07 bits per heavy atom. The van der Waals surface area contributed by atoms with E-state index >= 15 is 0 Å². The van der Waals surface area contributed by atoms with Crippen molar-refractivity contribution in [2.75, 3.05) is 6.61 Å². The fourth-order valence-electron chi connectivity index (χ4n) is 3.40. The predicted molar refractivity (Wildman–Crippen MR) is 109 cm³/mol. The molecule has 3 aromatic rings. The van der Waals surface area contributed by atoms with Crippen molar-refractivity contribution in [3.63, 3.8) is 0 Å². The first-order chi connectivity index (χ1) is 14.7.